The van der Waals surface area contributed by atoms with Gasteiger partial charge in [-0.1, -0.05) is 17.7 Å². The molecule has 0 N–H and O–H groups in total. The summed E-state index contributed by atoms with van der Waals surface area (Å²) in [7, 11) is 0. The second-order valence-electron chi connectivity index (χ2n) is 4.18. The van der Waals surface area contributed by atoms with Gasteiger partial charge in [0.05, 0.1) is 16.6 Å². The molecule has 2 heterocycles. The molecular formula is C12H10ClF3N2O. The Morgan fingerprint density at radius 2 is 2.21 bits per heavy atom. The first-order valence-electron chi connectivity index (χ1n) is 5.49. The predicted molar refractivity (Wildman–Crippen MR) is 65.0 cm³/mol. The minimum Gasteiger partial charge on any atom is -0.321 e. The van der Waals surface area contributed by atoms with Crippen molar-refractivity contribution in [2.24, 2.45) is 0 Å². The van der Waals surface area contributed by atoms with E-state index in [0.29, 0.717) is 12.6 Å². The summed E-state index contributed by atoms with van der Waals surface area (Å²) in [5.41, 5.74) is -0.913. The number of anilines is 1. The van der Waals surface area contributed by atoms with Crippen LogP contribution in [0.4, 0.5) is 19.0 Å². The maximum atomic E-state index is 12.5. The molecule has 7 heteroatoms. The van der Waals surface area contributed by atoms with Gasteiger partial charge in [0.2, 0.25) is 0 Å². The molecule has 0 aromatic carbocycles. The number of ketones is 1. The highest BCUT2D eigenvalue weighted by Crippen LogP contribution is 2.35. The third-order valence-corrected chi connectivity index (χ3v) is 3.10. The topological polar surface area (TPSA) is 33.2 Å². The average molecular weight is 291 g/mol. The van der Waals surface area contributed by atoms with E-state index in [1.165, 1.54) is 11.8 Å². The molecule has 1 aliphatic heterocycles. The fourth-order valence-electron chi connectivity index (χ4n) is 1.88. The van der Waals surface area contributed by atoms with Crippen LogP contribution in [0, 0.1) is 0 Å². The van der Waals surface area contributed by atoms with Gasteiger partial charge in [0, 0.05) is 12.4 Å². The van der Waals surface area contributed by atoms with Gasteiger partial charge in [-0.15, -0.1) is 0 Å². The predicted octanol–water partition coefficient (Wildman–Crippen LogP) is 3.44. The third-order valence-electron chi connectivity index (χ3n) is 2.82. The summed E-state index contributed by atoms with van der Waals surface area (Å²) in [4.78, 5) is 16.7. The minimum atomic E-state index is -4.49. The first kappa shape index (κ1) is 13.9. The molecule has 1 aromatic rings. The van der Waals surface area contributed by atoms with Crippen LogP contribution in [-0.2, 0) is 11.0 Å². The second-order valence-corrected chi connectivity index (χ2v) is 4.59. The fourth-order valence-corrected chi connectivity index (χ4v) is 2.14. The SMILES string of the molecule is CC(=O)C1CC=CN1c1ncc(C(F)(F)F)cc1Cl. The summed E-state index contributed by atoms with van der Waals surface area (Å²) in [6.07, 6.45) is 0.0736. The van der Waals surface area contributed by atoms with Crippen LogP contribution >= 0.6 is 11.6 Å². The molecule has 19 heavy (non-hydrogen) atoms. The van der Waals surface area contributed by atoms with E-state index in [9.17, 15) is 18.0 Å². The van der Waals surface area contributed by atoms with E-state index in [1.807, 2.05) is 0 Å². The molecule has 0 fully saturated rings. The molecule has 0 bridgehead atoms. The molecule has 0 spiro atoms. The van der Waals surface area contributed by atoms with Crippen molar-refractivity contribution >= 4 is 23.2 Å². The summed E-state index contributed by atoms with van der Waals surface area (Å²) < 4.78 is 37.5. The third kappa shape index (κ3) is 2.73. The van der Waals surface area contributed by atoms with E-state index in [2.05, 4.69) is 4.98 Å². The Balaban J connectivity index is 2.36. The molecule has 1 unspecified atom stereocenters. The second kappa shape index (κ2) is 4.85. The number of hydrogen-bond donors (Lipinski definition) is 0. The average Bonchev–Trinajstić information content (AvgIpc) is 2.76. The van der Waals surface area contributed by atoms with Crippen LogP contribution in [-0.4, -0.2) is 16.8 Å². The summed E-state index contributed by atoms with van der Waals surface area (Å²) in [6, 6.07) is 0.356. The highest BCUT2D eigenvalue weighted by atomic mass is 35.5. The number of carbonyl (C=O) groups is 1. The zero-order valence-electron chi connectivity index (χ0n) is 9.91. The van der Waals surface area contributed by atoms with Gasteiger partial charge in [-0.2, -0.15) is 13.2 Å². The zero-order chi connectivity index (χ0) is 14.2. The number of halogens is 4. The highest BCUT2D eigenvalue weighted by Gasteiger charge is 2.33. The van der Waals surface area contributed by atoms with Crippen LogP contribution in [0.1, 0.15) is 18.9 Å². The number of alkyl halides is 3. The van der Waals surface area contributed by atoms with Crippen LogP contribution in [0.25, 0.3) is 0 Å². The van der Waals surface area contributed by atoms with Crippen molar-refractivity contribution in [1.29, 1.82) is 0 Å². The lowest BCUT2D eigenvalue weighted by atomic mass is 10.1. The Labute approximate surface area is 112 Å². The van der Waals surface area contributed by atoms with Gasteiger partial charge in [-0.05, 0) is 19.4 Å². The Bertz CT molecular complexity index is 542. The van der Waals surface area contributed by atoms with Crippen LogP contribution < -0.4 is 4.90 Å². The van der Waals surface area contributed by atoms with E-state index < -0.39 is 17.8 Å². The van der Waals surface area contributed by atoms with Gasteiger partial charge in [-0.3, -0.25) is 4.79 Å². The Morgan fingerprint density at radius 3 is 2.74 bits per heavy atom. The molecule has 0 amide bonds. The van der Waals surface area contributed by atoms with E-state index in [4.69, 9.17) is 11.6 Å². The number of aromatic nitrogens is 1. The molecule has 0 saturated heterocycles. The first-order chi connectivity index (χ1) is 8.80. The molecule has 102 valence electrons. The minimum absolute atomic E-state index is 0.0947. The van der Waals surface area contributed by atoms with Crippen molar-refractivity contribution in [3.05, 3.63) is 35.1 Å². The molecule has 3 nitrogen and oxygen atoms in total. The highest BCUT2D eigenvalue weighted by molar-refractivity contribution is 6.33. The maximum Gasteiger partial charge on any atom is 0.417 e. The summed E-state index contributed by atoms with van der Waals surface area (Å²) in [6.45, 7) is 1.42. The van der Waals surface area contributed by atoms with Gasteiger partial charge in [0.25, 0.3) is 0 Å². The number of rotatable bonds is 2. The lowest BCUT2D eigenvalue weighted by Gasteiger charge is -2.23. The van der Waals surface area contributed by atoms with Crippen LogP contribution in [0.5, 0.6) is 0 Å². The number of hydrogen-bond acceptors (Lipinski definition) is 3. The van der Waals surface area contributed by atoms with Crippen molar-refractivity contribution in [2.75, 3.05) is 4.90 Å². The summed E-state index contributed by atoms with van der Waals surface area (Å²) in [5.74, 6) is 0.0615. The molecular weight excluding hydrogens is 281 g/mol. The van der Waals surface area contributed by atoms with Crippen molar-refractivity contribution in [3.8, 4) is 0 Å². The quantitative estimate of drug-likeness (QED) is 0.836. The lowest BCUT2D eigenvalue weighted by molar-refractivity contribution is -0.137. The first-order valence-corrected chi connectivity index (χ1v) is 5.86. The number of Topliss-reactive ketones (excluding diaryl/α,β-unsaturated/α-hetero) is 1. The molecule has 0 radical (unpaired) electrons. The maximum absolute atomic E-state index is 12.5. The standard InChI is InChI=1S/C12H10ClF3N2O/c1-7(19)10-3-2-4-18(10)11-9(13)5-8(6-17-11)12(14,15)16/h2,4-6,10H,3H2,1H3. The normalized spacial score (nSPS) is 19.0. The summed E-state index contributed by atoms with van der Waals surface area (Å²) >= 11 is 5.84. The van der Waals surface area contributed by atoms with Gasteiger partial charge in [-0.25, -0.2) is 4.98 Å². The Morgan fingerprint density at radius 1 is 1.53 bits per heavy atom. The molecule has 1 atom stereocenters. The van der Waals surface area contributed by atoms with Crippen molar-refractivity contribution in [1.82, 2.24) is 4.98 Å². The van der Waals surface area contributed by atoms with Crippen LogP contribution in [0.2, 0.25) is 5.02 Å². The van der Waals surface area contributed by atoms with E-state index in [0.717, 1.165) is 6.07 Å². The number of pyridine rings is 1. The van der Waals surface area contributed by atoms with E-state index in [-0.39, 0.29) is 16.6 Å². The van der Waals surface area contributed by atoms with E-state index >= 15 is 0 Å². The van der Waals surface area contributed by atoms with Crippen molar-refractivity contribution < 1.29 is 18.0 Å². The molecule has 0 aliphatic carbocycles. The molecule has 0 saturated carbocycles. The number of carbonyl (C=O) groups excluding carboxylic acids is 1. The van der Waals surface area contributed by atoms with Crippen molar-refractivity contribution in [2.45, 2.75) is 25.6 Å². The van der Waals surface area contributed by atoms with Crippen molar-refractivity contribution in [3.63, 3.8) is 0 Å². The van der Waals surface area contributed by atoms with E-state index in [1.54, 1.807) is 12.3 Å². The molecule has 1 aliphatic rings. The zero-order valence-corrected chi connectivity index (χ0v) is 10.7. The largest absolute Gasteiger partial charge is 0.417 e. The Kier molecular flexibility index (Phi) is 3.54. The molecule has 1 aromatic heterocycles. The monoisotopic (exact) mass is 290 g/mol. The fraction of sp³-hybridized carbons (Fsp3) is 0.333. The van der Waals surface area contributed by atoms with Gasteiger partial charge < -0.3 is 4.90 Å². The van der Waals surface area contributed by atoms with Crippen LogP contribution in [0.3, 0.4) is 0 Å². The molecule has 2 rings (SSSR count). The Hall–Kier alpha value is -1.56. The number of nitrogens with zero attached hydrogens (tertiary/aromatic N) is 2. The lowest BCUT2D eigenvalue weighted by Crippen LogP contribution is -2.33. The van der Waals surface area contributed by atoms with Gasteiger partial charge in [0.15, 0.2) is 11.6 Å². The summed E-state index contributed by atoms with van der Waals surface area (Å²) in [5, 5.41) is -0.132. The van der Waals surface area contributed by atoms with Gasteiger partial charge in [0.1, 0.15) is 0 Å². The van der Waals surface area contributed by atoms with Crippen LogP contribution in [0.15, 0.2) is 24.5 Å². The smallest absolute Gasteiger partial charge is 0.321 e. The van der Waals surface area contributed by atoms with Gasteiger partial charge >= 0.3 is 6.18 Å².